The van der Waals surface area contributed by atoms with E-state index in [-0.39, 0.29) is 19.0 Å². The molecule has 41 heavy (non-hydrogen) atoms. The van der Waals surface area contributed by atoms with Gasteiger partial charge in [-0.05, 0) is 75.2 Å². The Morgan fingerprint density at radius 1 is 1.10 bits per heavy atom. The van der Waals surface area contributed by atoms with Crippen molar-refractivity contribution in [2.75, 3.05) is 20.5 Å². The van der Waals surface area contributed by atoms with Crippen molar-refractivity contribution in [3.8, 4) is 22.9 Å². The first-order chi connectivity index (χ1) is 19.8. The Labute approximate surface area is 240 Å². The Bertz CT molecular complexity index is 1900. The van der Waals surface area contributed by atoms with Gasteiger partial charge in [0.15, 0.2) is 16.3 Å². The molecule has 0 unspecified atom stereocenters. The third-order valence-corrected chi connectivity index (χ3v) is 8.30. The predicted molar refractivity (Wildman–Crippen MR) is 155 cm³/mol. The summed E-state index contributed by atoms with van der Waals surface area (Å²) in [6.07, 6.45) is 1.89. The van der Waals surface area contributed by atoms with E-state index < -0.39 is 12.0 Å². The van der Waals surface area contributed by atoms with E-state index in [0.717, 1.165) is 34.0 Å². The minimum atomic E-state index is -0.681. The van der Waals surface area contributed by atoms with Crippen molar-refractivity contribution in [2.45, 2.75) is 33.7 Å². The largest absolute Gasteiger partial charge is 0.497 e. The molecule has 0 saturated carbocycles. The molecule has 2 aliphatic rings. The highest BCUT2D eigenvalue weighted by Crippen LogP contribution is 2.35. The summed E-state index contributed by atoms with van der Waals surface area (Å²) >= 11 is 1.30. The number of hydrogen-bond acceptors (Lipinski definition) is 8. The number of esters is 1. The number of rotatable bonds is 6. The van der Waals surface area contributed by atoms with E-state index >= 15 is 0 Å². The quantitative estimate of drug-likeness (QED) is 0.326. The molecule has 0 amide bonds. The van der Waals surface area contributed by atoms with Crippen molar-refractivity contribution in [3.63, 3.8) is 0 Å². The summed E-state index contributed by atoms with van der Waals surface area (Å²) in [6.45, 7) is 8.00. The monoisotopic (exact) mass is 571 g/mol. The van der Waals surface area contributed by atoms with Gasteiger partial charge in [0.2, 0.25) is 6.79 Å². The Morgan fingerprint density at radius 3 is 2.59 bits per heavy atom. The molecule has 0 radical (unpaired) electrons. The predicted octanol–water partition coefficient (Wildman–Crippen LogP) is 3.94. The highest BCUT2D eigenvalue weighted by atomic mass is 32.1. The van der Waals surface area contributed by atoms with Crippen LogP contribution in [-0.2, 0) is 9.53 Å². The van der Waals surface area contributed by atoms with Crippen LogP contribution in [0.5, 0.6) is 17.2 Å². The molecular weight excluding hydrogens is 542 g/mol. The van der Waals surface area contributed by atoms with Crippen LogP contribution in [-0.4, -0.2) is 35.6 Å². The number of ether oxygens (including phenoxy) is 4. The zero-order valence-corrected chi connectivity index (χ0v) is 24.2. The van der Waals surface area contributed by atoms with E-state index in [9.17, 15) is 9.59 Å². The van der Waals surface area contributed by atoms with Crippen LogP contribution in [0.25, 0.3) is 11.8 Å². The van der Waals surface area contributed by atoms with Gasteiger partial charge in [0.1, 0.15) is 5.75 Å². The summed E-state index contributed by atoms with van der Waals surface area (Å²) in [7, 11) is 1.59. The van der Waals surface area contributed by atoms with Crippen molar-refractivity contribution < 1.29 is 23.7 Å². The Hall–Kier alpha value is -4.57. The van der Waals surface area contributed by atoms with E-state index in [4.69, 9.17) is 18.9 Å². The first-order valence-electron chi connectivity index (χ1n) is 13.2. The van der Waals surface area contributed by atoms with E-state index in [1.165, 1.54) is 11.3 Å². The molecule has 10 heteroatoms. The number of methoxy groups -OCH3 is 1. The fourth-order valence-corrected chi connectivity index (χ4v) is 6.43. The van der Waals surface area contributed by atoms with Gasteiger partial charge in [0.25, 0.3) is 5.56 Å². The van der Waals surface area contributed by atoms with E-state index in [1.807, 2.05) is 68.5 Å². The Morgan fingerprint density at radius 2 is 1.85 bits per heavy atom. The number of allylic oxidation sites excluding steroid dienone is 1. The van der Waals surface area contributed by atoms with E-state index in [1.54, 1.807) is 25.5 Å². The van der Waals surface area contributed by atoms with Gasteiger partial charge in [-0.1, -0.05) is 23.5 Å². The first kappa shape index (κ1) is 26.6. The lowest BCUT2D eigenvalue weighted by molar-refractivity contribution is -0.139. The van der Waals surface area contributed by atoms with Gasteiger partial charge in [-0.25, -0.2) is 9.79 Å². The van der Waals surface area contributed by atoms with Crippen LogP contribution in [0.4, 0.5) is 0 Å². The lowest BCUT2D eigenvalue weighted by Gasteiger charge is -2.24. The van der Waals surface area contributed by atoms with Crippen LogP contribution in [0.15, 0.2) is 69.6 Å². The SMILES string of the molecule is CCOC(=O)C1=C(C)N=c2s/c(=C/c3cc(C)n(-c4ccc5c(c4)OCO5)c3C)c(=O)n2[C@H]1c1ccc(OC)cc1. The smallest absolute Gasteiger partial charge is 0.338 e. The molecule has 9 nitrogen and oxygen atoms in total. The first-order valence-corrected chi connectivity index (χ1v) is 14.0. The number of benzene rings is 2. The van der Waals surface area contributed by atoms with Crippen LogP contribution in [0.2, 0.25) is 0 Å². The fraction of sp³-hybridized carbons (Fsp3) is 0.258. The maximum atomic E-state index is 14.0. The summed E-state index contributed by atoms with van der Waals surface area (Å²) in [5.41, 5.74) is 5.25. The lowest BCUT2D eigenvalue weighted by atomic mass is 9.96. The number of aryl methyl sites for hydroxylation is 1. The molecule has 4 heterocycles. The Balaban J connectivity index is 1.49. The molecule has 0 aliphatic carbocycles. The summed E-state index contributed by atoms with van der Waals surface area (Å²) in [5.74, 6) is 1.62. The average molecular weight is 572 g/mol. The number of thiazole rings is 1. The number of aromatic nitrogens is 2. The summed E-state index contributed by atoms with van der Waals surface area (Å²) in [4.78, 5) is 32.3. The number of nitrogens with zero attached hydrogens (tertiary/aromatic N) is 3. The van der Waals surface area contributed by atoms with Gasteiger partial charge in [-0.2, -0.15) is 0 Å². The maximum absolute atomic E-state index is 14.0. The van der Waals surface area contributed by atoms with Gasteiger partial charge >= 0.3 is 5.97 Å². The number of carbonyl (C=O) groups is 1. The average Bonchev–Trinajstić information content (AvgIpc) is 3.63. The second-order valence-corrected chi connectivity index (χ2v) is 10.8. The van der Waals surface area contributed by atoms with E-state index in [2.05, 4.69) is 9.56 Å². The maximum Gasteiger partial charge on any atom is 0.338 e. The number of carbonyl (C=O) groups excluding carboxylic acids is 1. The minimum Gasteiger partial charge on any atom is -0.497 e. The van der Waals surface area contributed by atoms with Gasteiger partial charge in [-0.3, -0.25) is 9.36 Å². The summed E-state index contributed by atoms with van der Waals surface area (Å²) < 4.78 is 26.0. The zero-order chi connectivity index (χ0) is 28.8. The highest BCUT2D eigenvalue weighted by molar-refractivity contribution is 7.07. The Kier molecular flexibility index (Phi) is 6.78. The van der Waals surface area contributed by atoms with Crippen molar-refractivity contribution in [2.24, 2.45) is 4.99 Å². The zero-order valence-electron chi connectivity index (χ0n) is 23.4. The molecule has 0 saturated heterocycles. The lowest BCUT2D eigenvalue weighted by Crippen LogP contribution is -2.39. The number of hydrogen-bond donors (Lipinski definition) is 0. The van der Waals surface area contributed by atoms with Crippen LogP contribution in [0, 0.1) is 13.8 Å². The van der Waals surface area contributed by atoms with E-state index in [0.29, 0.717) is 32.1 Å². The number of fused-ring (bicyclic) bond motifs is 2. The third kappa shape index (κ3) is 4.54. The molecule has 4 aromatic rings. The third-order valence-electron chi connectivity index (χ3n) is 7.32. The van der Waals surface area contributed by atoms with Crippen molar-refractivity contribution in [1.29, 1.82) is 0 Å². The van der Waals surface area contributed by atoms with Crippen LogP contribution >= 0.6 is 11.3 Å². The molecule has 2 aromatic heterocycles. The highest BCUT2D eigenvalue weighted by Gasteiger charge is 2.33. The molecule has 0 fully saturated rings. The molecule has 6 rings (SSSR count). The topological polar surface area (TPSA) is 93.3 Å². The summed E-state index contributed by atoms with van der Waals surface area (Å²) in [5, 5.41) is 0. The van der Waals surface area contributed by atoms with Gasteiger partial charge in [-0.15, -0.1) is 0 Å². The summed E-state index contributed by atoms with van der Waals surface area (Å²) in [6, 6.07) is 14.6. The molecule has 0 N–H and O–H groups in total. The van der Waals surface area contributed by atoms with Crippen LogP contribution in [0.3, 0.4) is 0 Å². The standard InChI is InChI=1S/C31H29N3O6S/c1-6-38-30(36)27-18(3)32-31-34(28(27)20-7-10-23(37-5)11-8-20)29(35)26(41-31)14-21-13-17(2)33(19(21)4)22-9-12-24-25(15-22)40-16-39-24/h7-15,28H,6,16H2,1-5H3/b26-14+/t28-/m0/s1. The molecule has 2 aliphatic heterocycles. The fourth-order valence-electron chi connectivity index (χ4n) is 5.39. The van der Waals surface area contributed by atoms with Gasteiger partial charge in [0, 0.05) is 23.1 Å². The second kappa shape index (κ2) is 10.4. The van der Waals surface area contributed by atoms with Crippen molar-refractivity contribution >= 4 is 23.4 Å². The van der Waals surface area contributed by atoms with Gasteiger partial charge in [0.05, 0.1) is 35.6 Å². The van der Waals surface area contributed by atoms with Gasteiger partial charge < -0.3 is 23.5 Å². The van der Waals surface area contributed by atoms with Crippen molar-refractivity contribution in [1.82, 2.24) is 9.13 Å². The molecule has 0 bridgehead atoms. The second-order valence-electron chi connectivity index (χ2n) is 9.77. The minimum absolute atomic E-state index is 0.212. The van der Waals surface area contributed by atoms with Crippen LogP contribution in [0.1, 0.15) is 42.4 Å². The van der Waals surface area contributed by atoms with Crippen LogP contribution < -0.4 is 29.1 Å². The molecule has 1 atom stereocenters. The molecule has 0 spiro atoms. The normalized spacial score (nSPS) is 16.0. The molecular formula is C31H29N3O6S. The molecule has 2 aromatic carbocycles. The molecule has 210 valence electrons. The van der Waals surface area contributed by atoms with Crippen molar-refractivity contribution in [3.05, 3.63) is 102 Å².